The van der Waals surface area contributed by atoms with Crippen LogP contribution in [0.25, 0.3) is 0 Å². The second-order valence-electron chi connectivity index (χ2n) is 5.81. The highest BCUT2D eigenvalue weighted by atomic mass is 79.9. The molecule has 0 aliphatic heterocycles. The minimum absolute atomic E-state index is 0.561. The predicted molar refractivity (Wildman–Crippen MR) is 76.8 cm³/mol. The lowest BCUT2D eigenvalue weighted by molar-refractivity contribution is 0.485. The van der Waals surface area contributed by atoms with E-state index >= 15 is 0 Å². The van der Waals surface area contributed by atoms with Gasteiger partial charge >= 0.3 is 0 Å². The van der Waals surface area contributed by atoms with Crippen molar-refractivity contribution in [1.29, 1.82) is 0 Å². The van der Waals surface area contributed by atoms with Gasteiger partial charge in [-0.25, -0.2) is 9.97 Å². The van der Waals surface area contributed by atoms with Crippen LogP contribution in [-0.2, 0) is 0 Å². The molecule has 3 nitrogen and oxygen atoms in total. The minimum atomic E-state index is 0.561. The van der Waals surface area contributed by atoms with Crippen LogP contribution in [0.4, 0.5) is 5.82 Å². The first-order chi connectivity index (χ1) is 8.71. The summed E-state index contributed by atoms with van der Waals surface area (Å²) >= 11 is 3.48. The highest BCUT2D eigenvalue weighted by molar-refractivity contribution is 9.10. The molecule has 0 aromatic carbocycles. The molecule has 1 aromatic heterocycles. The largest absolute Gasteiger partial charge is 0.369 e. The summed E-state index contributed by atoms with van der Waals surface area (Å²) in [6, 6.07) is 1.99. The molecule has 0 unspecified atom stereocenters. The monoisotopic (exact) mass is 309 g/mol. The van der Waals surface area contributed by atoms with Gasteiger partial charge in [-0.05, 0) is 53.4 Å². The normalized spacial score (nSPS) is 20.8. The topological polar surface area (TPSA) is 37.8 Å². The quantitative estimate of drug-likeness (QED) is 0.804. The maximum absolute atomic E-state index is 4.63. The summed E-state index contributed by atoms with van der Waals surface area (Å²) in [6.45, 7) is 3.33. The lowest BCUT2D eigenvalue weighted by atomic mass is 10.0. The van der Waals surface area contributed by atoms with Crippen molar-refractivity contribution >= 4 is 21.7 Å². The second-order valence-corrected chi connectivity index (χ2v) is 6.62. The van der Waals surface area contributed by atoms with Crippen molar-refractivity contribution in [3.05, 3.63) is 16.5 Å². The van der Waals surface area contributed by atoms with Crippen LogP contribution in [0.3, 0.4) is 0 Å². The van der Waals surface area contributed by atoms with E-state index in [0.717, 1.165) is 22.8 Å². The number of nitrogens with one attached hydrogen (secondary N) is 1. The molecule has 1 aromatic rings. The molecule has 2 saturated carbocycles. The highest BCUT2D eigenvalue weighted by Gasteiger charge is 2.41. The molecule has 3 rings (SSSR count). The molecule has 1 heterocycles. The summed E-state index contributed by atoms with van der Waals surface area (Å²) in [5.74, 6) is 2.60. The fourth-order valence-electron chi connectivity index (χ4n) is 2.55. The molecular weight excluding hydrogens is 290 g/mol. The van der Waals surface area contributed by atoms with Gasteiger partial charge in [0.1, 0.15) is 16.2 Å². The van der Waals surface area contributed by atoms with Gasteiger partial charge in [-0.1, -0.05) is 13.3 Å². The van der Waals surface area contributed by atoms with Crippen molar-refractivity contribution in [2.24, 2.45) is 5.41 Å². The first-order valence-corrected chi connectivity index (χ1v) is 7.78. The Morgan fingerprint density at radius 1 is 1.39 bits per heavy atom. The van der Waals surface area contributed by atoms with Gasteiger partial charge in [0, 0.05) is 18.5 Å². The Kier molecular flexibility index (Phi) is 3.31. The maximum Gasteiger partial charge on any atom is 0.135 e. The average molecular weight is 310 g/mol. The number of rotatable bonds is 6. The van der Waals surface area contributed by atoms with Gasteiger partial charge in [-0.2, -0.15) is 0 Å². The van der Waals surface area contributed by atoms with Crippen molar-refractivity contribution in [3.63, 3.8) is 0 Å². The first kappa shape index (κ1) is 12.4. The summed E-state index contributed by atoms with van der Waals surface area (Å²) in [5.41, 5.74) is 0.561. The number of anilines is 1. The van der Waals surface area contributed by atoms with Crippen molar-refractivity contribution < 1.29 is 0 Å². The van der Waals surface area contributed by atoms with Crippen molar-refractivity contribution in [2.75, 3.05) is 11.9 Å². The molecule has 0 amide bonds. The average Bonchev–Trinajstić information content (AvgIpc) is 3.22. The summed E-state index contributed by atoms with van der Waals surface area (Å²) in [5, 5.41) is 3.51. The van der Waals surface area contributed by atoms with Gasteiger partial charge in [0.05, 0.1) is 0 Å². The first-order valence-electron chi connectivity index (χ1n) is 6.99. The Bertz CT molecular complexity index is 439. The van der Waals surface area contributed by atoms with Gasteiger partial charge in [0.15, 0.2) is 0 Å². The summed E-state index contributed by atoms with van der Waals surface area (Å²) < 4.78 is 0.905. The molecule has 0 radical (unpaired) electrons. The minimum Gasteiger partial charge on any atom is -0.369 e. The van der Waals surface area contributed by atoms with Crippen LogP contribution in [-0.4, -0.2) is 16.5 Å². The van der Waals surface area contributed by atoms with Crippen LogP contribution in [0.5, 0.6) is 0 Å². The predicted octanol–water partition coefficient (Wildman–Crippen LogP) is 4.11. The van der Waals surface area contributed by atoms with E-state index in [4.69, 9.17) is 0 Å². The molecule has 98 valence electrons. The Labute approximate surface area is 117 Å². The molecule has 0 saturated heterocycles. The lowest BCUT2D eigenvalue weighted by Gasteiger charge is -2.15. The van der Waals surface area contributed by atoms with Crippen LogP contribution >= 0.6 is 15.9 Å². The van der Waals surface area contributed by atoms with Crippen LogP contribution in [0.15, 0.2) is 10.7 Å². The lowest BCUT2D eigenvalue weighted by Crippen LogP contribution is -2.16. The van der Waals surface area contributed by atoms with Gasteiger partial charge < -0.3 is 5.32 Å². The molecule has 0 bridgehead atoms. The van der Waals surface area contributed by atoms with E-state index in [0.29, 0.717) is 11.3 Å². The van der Waals surface area contributed by atoms with E-state index in [1.54, 1.807) is 0 Å². The third-order valence-corrected chi connectivity index (χ3v) is 4.44. The van der Waals surface area contributed by atoms with Crippen LogP contribution in [0, 0.1) is 5.41 Å². The van der Waals surface area contributed by atoms with Crippen LogP contribution < -0.4 is 5.32 Å². The summed E-state index contributed by atoms with van der Waals surface area (Å²) in [6.07, 6.45) is 7.85. The SMILES string of the molecule is CCCC1(CNc2cc(Br)nc(C3CC3)n2)CC1. The zero-order valence-electron chi connectivity index (χ0n) is 10.9. The third kappa shape index (κ3) is 2.85. The molecule has 2 aliphatic rings. The molecular formula is C14H20BrN3. The second kappa shape index (κ2) is 4.80. The standard InChI is InChI=1S/C14H20BrN3/c1-2-5-14(6-7-14)9-16-12-8-11(15)17-13(18-12)10-3-4-10/h8,10H,2-7,9H2,1H3,(H,16,17,18). The Balaban J connectivity index is 1.65. The van der Waals surface area contributed by atoms with Crippen LogP contribution in [0.2, 0.25) is 0 Å². The highest BCUT2D eigenvalue weighted by Crippen LogP contribution is 2.49. The van der Waals surface area contributed by atoms with E-state index < -0.39 is 0 Å². The Hall–Kier alpha value is -0.640. The maximum atomic E-state index is 4.63. The Morgan fingerprint density at radius 2 is 2.17 bits per heavy atom. The van der Waals surface area contributed by atoms with Crippen molar-refractivity contribution in [3.8, 4) is 0 Å². The van der Waals surface area contributed by atoms with Crippen LogP contribution in [0.1, 0.15) is 57.2 Å². The third-order valence-electron chi connectivity index (χ3n) is 4.04. The molecule has 0 atom stereocenters. The van der Waals surface area contributed by atoms with E-state index in [2.05, 4.69) is 38.1 Å². The smallest absolute Gasteiger partial charge is 0.135 e. The molecule has 18 heavy (non-hydrogen) atoms. The molecule has 2 aliphatic carbocycles. The van der Waals surface area contributed by atoms with Gasteiger partial charge in [-0.15, -0.1) is 0 Å². The Morgan fingerprint density at radius 3 is 2.78 bits per heavy atom. The van der Waals surface area contributed by atoms with E-state index in [-0.39, 0.29) is 0 Å². The fourth-order valence-corrected chi connectivity index (χ4v) is 2.95. The number of aromatic nitrogens is 2. The number of hydrogen-bond donors (Lipinski definition) is 1. The fraction of sp³-hybridized carbons (Fsp3) is 0.714. The molecule has 1 N–H and O–H groups in total. The van der Waals surface area contributed by atoms with Gasteiger partial charge in [0.25, 0.3) is 0 Å². The molecule has 0 spiro atoms. The van der Waals surface area contributed by atoms with Gasteiger partial charge in [-0.3, -0.25) is 0 Å². The number of hydrogen-bond acceptors (Lipinski definition) is 3. The van der Waals surface area contributed by atoms with Gasteiger partial charge in [0.2, 0.25) is 0 Å². The number of nitrogens with zero attached hydrogens (tertiary/aromatic N) is 2. The van der Waals surface area contributed by atoms with E-state index in [1.165, 1.54) is 38.5 Å². The van der Waals surface area contributed by atoms with E-state index in [9.17, 15) is 0 Å². The summed E-state index contributed by atoms with van der Waals surface area (Å²) in [4.78, 5) is 9.09. The summed E-state index contributed by atoms with van der Waals surface area (Å²) in [7, 11) is 0. The van der Waals surface area contributed by atoms with Crippen molar-refractivity contribution in [1.82, 2.24) is 9.97 Å². The number of halogens is 1. The zero-order chi connectivity index (χ0) is 12.6. The molecule has 2 fully saturated rings. The van der Waals surface area contributed by atoms with E-state index in [1.807, 2.05) is 6.07 Å². The van der Waals surface area contributed by atoms with Crippen molar-refractivity contribution in [2.45, 2.75) is 51.4 Å². The zero-order valence-corrected chi connectivity index (χ0v) is 12.5. The molecule has 4 heteroatoms.